The first-order valence-electron chi connectivity index (χ1n) is 10.2. The van der Waals surface area contributed by atoms with E-state index in [1.54, 1.807) is 30.3 Å². The molecule has 2 amide bonds. The predicted molar refractivity (Wildman–Crippen MR) is 116 cm³/mol. The molecule has 1 N–H and O–H groups in total. The minimum absolute atomic E-state index is 0.0753. The van der Waals surface area contributed by atoms with Gasteiger partial charge in [0.05, 0.1) is 5.71 Å². The highest BCUT2D eigenvalue weighted by Crippen LogP contribution is 2.33. The van der Waals surface area contributed by atoms with Crippen LogP contribution in [0, 0.1) is 0 Å². The molecule has 5 rings (SSSR count). The minimum atomic E-state index is -0.418. The normalized spacial score (nSPS) is 14.6. The van der Waals surface area contributed by atoms with Crippen LogP contribution in [0.25, 0.3) is 0 Å². The lowest BCUT2D eigenvalue weighted by Crippen LogP contribution is -2.32. The summed E-state index contributed by atoms with van der Waals surface area (Å²) >= 11 is 0. The number of nitrogens with one attached hydrogen (secondary N) is 1. The summed E-state index contributed by atoms with van der Waals surface area (Å²) in [6, 6.07) is 14.0. The third-order valence-electron chi connectivity index (χ3n) is 5.12. The number of anilines is 1. The van der Waals surface area contributed by atoms with Gasteiger partial charge in [-0.3, -0.25) is 9.59 Å². The van der Waals surface area contributed by atoms with Crippen LogP contribution in [0.2, 0.25) is 0 Å². The molecule has 0 spiro atoms. The summed E-state index contributed by atoms with van der Waals surface area (Å²) in [6.45, 7) is 0.751. The molecule has 2 aromatic carbocycles. The van der Waals surface area contributed by atoms with Crippen LogP contribution >= 0.6 is 0 Å². The van der Waals surface area contributed by atoms with Crippen LogP contribution in [0.4, 0.5) is 5.69 Å². The van der Waals surface area contributed by atoms with Gasteiger partial charge >= 0.3 is 0 Å². The second-order valence-corrected chi connectivity index (χ2v) is 7.25. The van der Waals surface area contributed by atoms with E-state index in [1.165, 1.54) is 17.4 Å². The molecular formula is C23H19N5O4. The zero-order valence-electron chi connectivity index (χ0n) is 17.0. The predicted octanol–water partition coefficient (Wildman–Crippen LogP) is 3.10. The lowest BCUT2D eigenvalue weighted by Gasteiger charge is -2.24. The number of aromatic nitrogens is 2. The number of hydrogen-bond acceptors (Lipinski definition) is 7. The summed E-state index contributed by atoms with van der Waals surface area (Å²) in [4.78, 5) is 33.0. The number of hydrazone groups is 1. The van der Waals surface area contributed by atoms with Gasteiger partial charge in [-0.1, -0.05) is 0 Å². The molecule has 0 bridgehead atoms. The van der Waals surface area contributed by atoms with Crippen LogP contribution in [0.3, 0.4) is 0 Å². The molecule has 9 heteroatoms. The zero-order valence-corrected chi connectivity index (χ0v) is 17.0. The van der Waals surface area contributed by atoms with Gasteiger partial charge in [-0.25, -0.2) is 15.0 Å². The zero-order chi connectivity index (χ0) is 21.9. The lowest BCUT2D eigenvalue weighted by molar-refractivity contribution is 0.0751. The molecule has 32 heavy (non-hydrogen) atoms. The Morgan fingerprint density at radius 3 is 2.56 bits per heavy atom. The van der Waals surface area contributed by atoms with Crippen LogP contribution in [-0.2, 0) is 0 Å². The third kappa shape index (κ3) is 4.00. The van der Waals surface area contributed by atoms with Gasteiger partial charge in [-0.15, -0.1) is 0 Å². The van der Waals surface area contributed by atoms with Crippen LogP contribution in [0.5, 0.6) is 11.5 Å². The second-order valence-electron chi connectivity index (χ2n) is 7.25. The highest BCUT2D eigenvalue weighted by atomic mass is 16.7. The molecule has 2 aliphatic heterocycles. The van der Waals surface area contributed by atoms with E-state index in [0.717, 1.165) is 24.1 Å². The number of ether oxygens (including phenoxy) is 2. The van der Waals surface area contributed by atoms with Gasteiger partial charge in [0.15, 0.2) is 11.5 Å². The van der Waals surface area contributed by atoms with Crippen LogP contribution < -0.4 is 14.8 Å². The van der Waals surface area contributed by atoms with Crippen molar-refractivity contribution in [1.82, 2.24) is 15.0 Å². The smallest absolute Gasteiger partial charge is 0.293 e. The Hall–Kier alpha value is -4.27. The monoisotopic (exact) mass is 429 g/mol. The standard InChI is InChI=1S/C23H19N5O4/c29-22(21-24-10-2-11-25-21)26-17-7-4-15(5-8-17)23(30)28-12-1-3-18(27-28)16-6-9-19-20(13-16)32-14-31-19/h2,4-11,13H,1,3,12,14H2,(H,26,29). The minimum Gasteiger partial charge on any atom is -0.454 e. The molecule has 0 saturated carbocycles. The van der Waals surface area contributed by atoms with E-state index in [9.17, 15) is 9.59 Å². The molecule has 0 fully saturated rings. The van der Waals surface area contributed by atoms with Gasteiger partial charge in [-0.05, 0) is 61.4 Å². The average molecular weight is 429 g/mol. The molecule has 3 aromatic rings. The average Bonchev–Trinajstić information content (AvgIpc) is 3.33. The fourth-order valence-electron chi connectivity index (χ4n) is 3.52. The summed E-state index contributed by atoms with van der Waals surface area (Å²) in [5.41, 5.74) is 2.76. The van der Waals surface area contributed by atoms with Crippen molar-refractivity contribution in [1.29, 1.82) is 0 Å². The van der Waals surface area contributed by atoms with Crippen molar-refractivity contribution in [3.05, 3.63) is 77.9 Å². The molecule has 9 nitrogen and oxygen atoms in total. The summed E-state index contributed by atoms with van der Waals surface area (Å²) in [5.74, 6) is 0.855. The maximum atomic E-state index is 13.0. The fourth-order valence-corrected chi connectivity index (χ4v) is 3.52. The van der Waals surface area contributed by atoms with Crippen LogP contribution in [-0.4, -0.2) is 45.8 Å². The Morgan fingerprint density at radius 2 is 1.75 bits per heavy atom. The summed E-state index contributed by atoms with van der Waals surface area (Å²) in [7, 11) is 0. The van der Waals surface area contributed by atoms with Gasteiger partial charge in [0.2, 0.25) is 12.6 Å². The maximum Gasteiger partial charge on any atom is 0.293 e. The molecule has 0 atom stereocenters. The van der Waals surface area contributed by atoms with E-state index < -0.39 is 5.91 Å². The van der Waals surface area contributed by atoms with E-state index in [1.807, 2.05) is 18.2 Å². The molecule has 3 heterocycles. The van der Waals surface area contributed by atoms with Crippen molar-refractivity contribution in [2.45, 2.75) is 12.8 Å². The summed E-state index contributed by atoms with van der Waals surface area (Å²) in [6.07, 6.45) is 4.58. The Kier molecular flexibility index (Phi) is 5.20. The van der Waals surface area contributed by atoms with E-state index in [0.29, 0.717) is 29.3 Å². The SMILES string of the molecule is O=C(Nc1ccc(C(=O)N2CCCC(c3ccc4c(c3)OCO4)=N2)cc1)c1ncccn1. The molecule has 2 aliphatic rings. The Morgan fingerprint density at radius 1 is 0.969 bits per heavy atom. The molecule has 0 radical (unpaired) electrons. The van der Waals surface area contributed by atoms with Gasteiger partial charge in [-0.2, -0.15) is 5.10 Å². The van der Waals surface area contributed by atoms with Crippen molar-refractivity contribution in [3.63, 3.8) is 0 Å². The maximum absolute atomic E-state index is 13.0. The van der Waals surface area contributed by atoms with Crippen molar-refractivity contribution in [2.24, 2.45) is 5.10 Å². The number of rotatable bonds is 4. The van der Waals surface area contributed by atoms with Gasteiger partial charge in [0.1, 0.15) is 0 Å². The molecule has 0 saturated heterocycles. The van der Waals surface area contributed by atoms with E-state index in [2.05, 4.69) is 20.4 Å². The van der Waals surface area contributed by atoms with E-state index >= 15 is 0 Å². The highest BCUT2D eigenvalue weighted by Gasteiger charge is 2.22. The molecule has 160 valence electrons. The molecule has 1 aromatic heterocycles. The van der Waals surface area contributed by atoms with Crippen LogP contribution in [0.1, 0.15) is 39.4 Å². The quantitative estimate of drug-likeness (QED) is 0.683. The highest BCUT2D eigenvalue weighted by molar-refractivity contribution is 6.04. The number of hydrogen-bond donors (Lipinski definition) is 1. The number of benzene rings is 2. The second kappa shape index (κ2) is 8.46. The fraction of sp³-hybridized carbons (Fsp3) is 0.174. The molecule has 0 unspecified atom stereocenters. The van der Waals surface area contributed by atoms with Gasteiger partial charge in [0.25, 0.3) is 11.8 Å². The topological polar surface area (TPSA) is 106 Å². The first-order chi connectivity index (χ1) is 15.7. The summed E-state index contributed by atoms with van der Waals surface area (Å²) < 4.78 is 10.8. The first-order valence-corrected chi connectivity index (χ1v) is 10.2. The van der Waals surface area contributed by atoms with Gasteiger partial charge in [0, 0.05) is 35.8 Å². The number of carbonyl (C=O) groups excluding carboxylic acids is 2. The number of fused-ring (bicyclic) bond motifs is 1. The summed E-state index contributed by atoms with van der Waals surface area (Å²) in [5, 5.41) is 8.78. The largest absolute Gasteiger partial charge is 0.454 e. The van der Waals surface area contributed by atoms with Crippen molar-refractivity contribution < 1.29 is 19.1 Å². The number of nitrogens with zero attached hydrogens (tertiary/aromatic N) is 4. The van der Waals surface area contributed by atoms with Crippen LogP contribution in [0.15, 0.2) is 66.0 Å². The Balaban J connectivity index is 1.29. The van der Waals surface area contributed by atoms with Gasteiger partial charge < -0.3 is 14.8 Å². The first kappa shape index (κ1) is 19.7. The van der Waals surface area contributed by atoms with E-state index in [-0.39, 0.29) is 18.5 Å². The van der Waals surface area contributed by atoms with Crippen molar-refractivity contribution in [3.8, 4) is 11.5 Å². The van der Waals surface area contributed by atoms with Crippen molar-refractivity contribution >= 4 is 23.2 Å². The Labute approximate surface area is 183 Å². The van der Waals surface area contributed by atoms with E-state index in [4.69, 9.17) is 9.47 Å². The Bertz CT molecular complexity index is 1190. The lowest BCUT2D eigenvalue weighted by atomic mass is 10.0. The van der Waals surface area contributed by atoms with Crippen molar-refractivity contribution in [2.75, 3.05) is 18.7 Å². The third-order valence-corrected chi connectivity index (χ3v) is 5.12. The number of carbonyl (C=O) groups is 2. The molecular weight excluding hydrogens is 410 g/mol. The number of amides is 2. The molecule has 0 aliphatic carbocycles.